The van der Waals surface area contributed by atoms with Gasteiger partial charge in [-0.25, -0.2) is 14.4 Å². The van der Waals surface area contributed by atoms with E-state index in [1.54, 1.807) is 32.9 Å². The predicted octanol–water partition coefficient (Wildman–Crippen LogP) is 3.11. The minimum atomic E-state index is -1.11. The van der Waals surface area contributed by atoms with Gasteiger partial charge in [0, 0.05) is 12.5 Å². The minimum Gasteiger partial charge on any atom is -0.480 e. The highest BCUT2D eigenvalue weighted by Gasteiger charge is 2.42. The average Bonchev–Trinajstić information content (AvgIpc) is 2.98. The number of rotatable bonds is 4. The monoisotopic (exact) mass is 361 g/mol. The number of carbonyl (C=O) groups is 3. The van der Waals surface area contributed by atoms with Crippen LogP contribution in [0.5, 0.6) is 0 Å². The minimum absolute atomic E-state index is 0.125. The first-order chi connectivity index (χ1) is 12.0. The van der Waals surface area contributed by atoms with Crippen molar-refractivity contribution in [3.05, 3.63) is 42.0 Å². The fourth-order valence-corrected chi connectivity index (χ4v) is 2.93. The lowest BCUT2D eigenvalue weighted by Crippen LogP contribution is -2.43. The number of likely N-dealkylation sites (tertiary alicyclic amines) is 1. The first-order valence-corrected chi connectivity index (χ1v) is 8.24. The van der Waals surface area contributed by atoms with Crippen LogP contribution in [0.15, 0.2) is 30.8 Å². The van der Waals surface area contributed by atoms with Crippen LogP contribution >= 0.6 is 0 Å². The first-order valence-electron chi connectivity index (χ1n) is 8.24. The zero-order valence-corrected chi connectivity index (χ0v) is 15.1. The van der Waals surface area contributed by atoms with Crippen molar-refractivity contribution in [1.29, 1.82) is 0 Å². The van der Waals surface area contributed by atoms with Gasteiger partial charge >= 0.3 is 18.0 Å². The number of carboxylic acid groups (broad SMARTS) is 2. The van der Waals surface area contributed by atoms with Crippen molar-refractivity contribution in [3.63, 3.8) is 0 Å². The number of carboxylic acids is 2. The third-order valence-electron chi connectivity index (χ3n) is 4.19. The number of nitrogens with zero attached hydrogens (tertiary/aromatic N) is 1. The van der Waals surface area contributed by atoms with Crippen molar-refractivity contribution in [3.8, 4) is 0 Å². The van der Waals surface area contributed by atoms with Crippen LogP contribution in [0, 0.1) is 5.92 Å². The van der Waals surface area contributed by atoms with Crippen molar-refractivity contribution < 1.29 is 29.3 Å². The second-order valence-electron chi connectivity index (χ2n) is 7.33. The van der Waals surface area contributed by atoms with Crippen molar-refractivity contribution in [2.75, 3.05) is 6.54 Å². The zero-order chi connectivity index (χ0) is 19.6. The number of aliphatic carboxylic acids is 1. The lowest BCUT2D eigenvalue weighted by Gasteiger charge is -2.26. The van der Waals surface area contributed by atoms with E-state index in [1.165, 1.54) is 17.0 Å². The molecule has 0 bridgehead atoms. The smallest absolute Gasteiger partial charge is 0.411 e. The maximum absolute atomic E-state index is 12.4. The maximum Gasteiger partial charge on any atom is 0.411 e. The van der Waals surface area contributed by atoms with E-state index >= 15 is 0 Å². The van der Waals surface area contributed by atoms with Gasteiger partial charge in [0.05, 0.1) is 5.56 Å². The first kappa shape index (κ1) is 19.5. The van der Waals surface area contributed by atoms with Crippen molar-refractivity contribution in [2.24, 2.45) is 5.92 Å². The van der Waals surface area contributed by atoms with E-state index in [-0.39, 0.29) is 24.4 Å². The van der Waals surface area contributed by atoms with Crippen LogP contribution in [0.1, 0.15) is 43.1 Å². The number of ether oxygens (including phenoxy) is 1. The van der Waals surface area contributed by atoms with Crippen molar-refractivity contribution >= 4 is 23.6 Å². The number of aromatic carboxylic acids is 1. The molecule has 26 heavy (non-hydrogen) atoms. The Labute approximate surface area is 151 Å². The third kappa shape index (κ3) is 4.41. The van der Waals surface area contributed by atoms with Gasteiger partial charge in [0.15, 0.2) is 0 Å². The van der Waals surface area contributed by atoms with Crippen LogP contribution in [-0.4, -0.2) is 51.3 Å². The Bertz CT molecular complexity index is 749. The Hall–Kier alpha value is -2.83. The topological polar surface area (TPSA) is 104 Å². The van der Waals surface area contributed by atoms with E-state index < -0.39 is 29.7 Å². The highest BCUT2D eigenvalue weighted by atomic mass is 16.6. The fraction of sp³-hybridized carbons (Fsp3) is 0.421. The molecule has 140 valence electrons. The molecule has 1 heterocycles. The molecule has 0 spiro atoms. The van der Waals surface area contributed by atoms with Gasteiger partial charge in [0.25, 0.3) is 0 Å². The summed E-state index contributed by atoms with van der Waals surface area (Å²) in [7, 11) is 0. The quantitative estimate of drug-likeness (QED) is 0.854. The summed E-state index contributed by atoms with van der Waals surface area (Å²) in [6, 6.07) is 5.30. The molecule has 2 atom stereocenters. The Morgan fingerprint density at radius 1 is 1.19 bits per heavy atom. The molecule has 0 aromatic heterocycles. The maximum atomic E-state index is 12.4. The van der Waals surface area contributed by atoms with Crippen molar-refractivity contribution in [2.45, 2.75) is 38.8 Å². The zero-order valence-electron chi connectivity index (χ0n) is 15.1. The molecule has 2 N–H and O–H groups in total. The van der Waals surface area contributed by atoms with Gasteiger partial charge in [-0.2, -0.15) is 0 Å². The van der Waals surface area contributed by atoms with Gasteiger partial charge in [-0.3, -0.25) is 4.90 Å². The average molecular weight is 361 g/mol. The van der Waals surface area contributed by atoms with Crippen LogP contribution < -0.4 is 0 Å². The molecule has 1 aliphatic heterocycles. The van der Waals surface area contributed by atoms with Gasteiger partial charge in [-0.05, 0) is 50.5 Å². The summed E-state index contributed by atoms with van der Waals surface area (Å²) in [4.78, 5) is 36.3. The lowest BCUT2D eigenvalue weighted by molar-refractivity contribution is -0.142. The molecule has 7 nitrogen and oxygen atoms in total. The molecular formula is C19H23NO6. The highest BCUT2D eigenvalue weighted by molar-refractivity contribution is 5.89. The van der Waals surface area contributed by atoms with Gasteiger partial charge in [0.2, 0.25) is 0 Å². The standard InChI is InChI=1S/C19H23NO6/c1-11(12-6-5-7-13(8-12)16(21)22)14-9-15(17(23)24)20(10-14)18(25)26-19(2,3)4/h5-8,14-15H,1,9-10H2,2-4H3,(H,21,22)(H,23,24)/t14-,15+/m1/s1. The van der Waals surface area contributed by atoms with Crippen LogP contribution in [0.25, 0.3) is 5.57 Å². The molecule has 1 aromatic rings. The Balaban J connectivity index is 2.22. The molecule has 1 amide bonds. The molecule has 0 unspecified atom stereocenters. The van der Waals surface area contributed by atoms with Gasteiger partial charge in [-0.15, -0.1) is 0 Å². The summed E-state index contributed by atoms with van der Waals surface area (Å²) in [6.45, 7) is 9.30. The molecule has 0 saturated carbocycles. The van der Waals surface area contributed by atoms with Gasteiger partial charge in [-0.1, -0.05) is 18.7 Å². The van der Waals surface area contributed by atoms with E-state index in [0.29, 0.717) is 11.1 Å². The predicted molar refractivity (Wildman–Crippen MR) is 94.9 cm³/mol. The Kier molecular flexibility index (Phi) is 5.39. The summed E-state index contributed by atoms with van der Waals surface area (Å²) >= 11 is 0. The van der Waals surface area contributed by atoms with Crippen LogP contribution in [-0.2, 0) is 9.53 Å². The number of benzene rings is 1. The van der Waals surface area contributed by atoms with E-state index in [0.717, 1.165) is 0 Å². The number of hydrogen-bond acceptors (Lipinski definition) is 4. The molecule has 2 rings (SSSR count). The van der Waals surface area contributed by atoms with E-state index in [9.17, 15) is 19.5 Å². The molecule has 1 fully saturated rings. The van der Waals surface area contributed by atoms with Crippen LogP contribution in [0.2, 0.25) is 0 Å². The molecule has 0 radical (unpaired) electrons. The lowest BCUT2D eigenvalue weighted by atomic mass is 9.91. The SMILES string of the molecule is C=C(c1cccc(C(=O)O)c1)[C@@H]1C[C@@H](C(=O)O)N(C(=O)OC(C)(C)C)C1. The van der Waals surface area contributed by atoms with Crippen LogP contribution in [0.4, 0.5) is 4.79 Å². The second kappa shape index (κ2) is 7.19. The largest absolute Gasteiger partial charge is 0.480 e. The summed E-state index contributed by atoms with van der Waals surface area (Å²) in [5, 5.41) is 18.6. The molecule has 0 aliphatic carbocycles. The second-order valence-corrected chi connectivity index (χ2v) is 7.33. The molecule has 1 aromatic carbocycles. The summed E-state index contributed by atoms with van der Waals surface area (Å²) in [5.41, 5.74) is 0.612. The molecule has 1 aliphatic rings. The summed E-state index contributed by atoms with van der Waals surface area (Å²) < 4.78 is 5.30. The summed E-state index contributed by atoms with van der Waals surface area (Å²) in [5.74, 6) is -2.46. The Morgan fingerprint density at radius 2 is 1.81 bits per heavy atom. The van der Waals surface area contributed by atoms with Crippen LogP contribution in [0.3, 0.4) is 0 Å². The normalized spacial score (nSPS) is 19.9. The molecule has 7 heteroatoms. The molecule has 1 saturated heterocycles. The van der Waals surface area contributed by atoms with E-state index in [1.807, 2.05) is 0 Å². The van der Waals surface area contributed by atoms with E-state index in [2.05, 4.69) is 6.58 Å². The third-order valence-corrected chi connectivity index (χ3v) is 4.19. The number of hydrogen-bond donors (Lipinski definition) is 2. The Morgan fingerprint density at radius 3 is 2.35 bits per heavy atom. The number of amides is 1. The highest BCUT2D eigenvalue weighted by Crippen LogP contribution is 2.34. The van der Waals surface area contributed by atoms with Crippen molar-refractivity contribution in [1.82, 2.24) is 4.90 Å². The fourth-order valence-electron chi connectivity index (χ4n) is 2.93. The van der Waals surface area contributed by atoms with Gasteiger partial charge < -0.3 is 14.9 Å². The molecular weight excluding hydrogens is 338 g/mol. The van der Waals surface area contributed by atoms with E-state index in [4.69, 9.17) is 9.84 Å². The summed E-state index contributed by atoms with van der Waals surface area (Å²) in [6.07, 6.45) is -0.482. The van der Waals surface area contributed by atoms with Gasteiger partial charge in [0.1, 0.15) is 11.6 Å². The number of carbonyl (C=O) groups excluding carboxylic acids is 1.